The fourth-order valence-corrected chi connectivity index (χ4v) is 10.2. The standard InChI is InChI=1S/C40H47F2N5O5/c1-3-27-30(41)8-7-25-14-26(48)15-28(32(25)27)34-33(42)35-29(18-43-34)36(47-12-13-50-22-38(2,49)20-47)45-37(44-35)51-23-39-9-4-6-31(39)46(11-5-10-39)21-40-16-24(17-40)19-52-40/h7-8,14-15,18,24,31,48-49H,3-6,9-13,16-17,19-23H2,1-2H3/t24?,31-,38+,39-,40?/m1/s1. The maximum absolute atomic E-state index is 17.1. The molecule has 2 N–H and O–H groups in total. The van der Waals surface area contributed by atoms with Gasteiger partial charge in [0.1, 0.15) is 34.2 Å². The van der Waals surface area contributed by atoms with Crippen molar-refractivity contribution in [3.8, 4) is 23.0 Å². The molecule has 3 atom stereocenters. The maximum Gasteiger partial charge on any atom is 0.319 e. The summed E-state index contributed by atoms with van der Waals surface area (Å²) in [6.07, 6.45) is 9.61. The normalized spacial score (nSPS) is 30.4. The van der Waals surface area contributed by atoms with Gasteiger partial charge in [-0.25, -0.2) is 8.78 Å². The van der Waals surface area contributed by atoms with Crippen LogP contribution in [-0.2, 0) is 15.9 Å². The number of aryl methyl sites for hydroxylation is 1. The summed E-state index contributed by atoms with van der Waals surface area (Å²) in [5, 5.41) is 23.2. The third-order valence-corrected chi connectivity index (χ3v) is 12.5. The van der Waals surface area contributed by atoms with Crippen LogP contribution in [0.15, 0.2) is 30.5 Å². The number of pyridine rings is 1. The first-order valence-electron chi connectivity index (χ1n) is 18.9. The molecule has 12 heteroatoms. The summed E-state index contributed by atoms with van der Waals surface area (Å²) < 4.78 is 50.8. The minimum Gasteiger partial charge on any atom is -0.508 e. The van der Waals surface area contributed by atoms with Crippen molar-refractivity contribution in [3.05, 3.63) is 47.7 Å². The summed E-state index contributed by atoms with van der Waals surface area (Å²) in [7, 11) is 0. The van der Waals surface area contributed by atoms with Crippen molar-refractivity contribution in [2.45, 2.75) is 82.5 Å². The number of ether oxygens (including phenoxy) is 3. The summed E-state index contributed by atoms with van der Waals surface area (Å²) in [4.78, 5) is 18.7. The molecule has 2 aromatic carbocycles. The Morgan fingerprint density at radius 3 is 2.75 bits per heavy atom. The average Bonchev–Trinajstić information content (AvgIpc) is 3.81. The van der Waals surface area contributed by atoms with Gasteiger partial charge < -0.3 is 29.3 Å². The summed E-state index contributed by atoms with van der Waals surface area (Å²) >= 11 is 0. The molecule has 0 unspecified atom stereocenters. The number of anilines is 1. The SMILES string of the molecule is CCc1c(F)ccc2cc(O)cc(-c3ncc4c(N5CCOC[C@@](C)(O)C5)nc(OC[C@]56CCC[C@H]5N(CC57CC(CO5)C7)CCC6)nc4c3F)c12. The van der Waals surface area contributed by atoms with E-state index in [2.05, 4.69) is 9.88 Å². The van der Waals surface area contributed by atoms with Crippen LogP contribution in [0.2, 0.25) is 0 Å². The second-order valence-electron chi connectivity index (χ2n) is 16.4. The van der Waals surface area contributed by atoms with E-state index < -0.39 is 17.2 Å². The van der Waals surface area contributed by atoms with E-state index in [1.54, 1.807) is 19.1 Å². The third-order valence-electron chi connectivity index (χ3n) is 12.5. The monoisotopic (exact) mass is 715 g/mol. The topological polar surface area (TPSA) is 113 Å². The number of benzene rings is 2. The second-order valence-corrected chi connectivity index (χ2v) is 16.4. The molecular weight excluding hydrogens is 668 g/mol. The van der Waals surface area contributed by atoms with Crippen molar-refractivity contribution in [1.82, 2.24) is 19.9 Å². The highest BCUT2D eigenvalue weighted by atomic mass is 19.1. The summed E-state index contributed by atoms with van der Waals surface area (Å²) in [5.41, 5.74) is -0.596. The average molecular weight is 716 g/mol. The van der Waals surface area contributed by atoms with Crippen molar-refractivity contribution in [2.75, 3.05) is 57.5 Å². The van der Waals surface area contributed by atoms with Gasteiger partial charge in [-0.2, -0.15) is 9.97 Å². The van der Waals surface area contributed by atoms with E-state index in [0.29, 0.717) is 59.8 Å². The molecule has 6 heterocycles. The van der Waals surface area contributed by atoms with Crippen LogP contribution in [0.1, 0.15) is 64.4 Å². The number of phenols is 1. The first kappa shape index (κ1) is 34.1. The molecule has 0 radical (unpaired) electrons. The lowest BCUT2D eigenvalue weighted by molar-refractivity contribution is -0.0725. The molecular formula is C40H47F2N5O5. The number of likely N-dealkylation sites (tertiary alicyclic amines) is 1. The number of phenolic OH excluding ortho intramolecular Hbond substituents is 1. The molecule has 52 heavy (non-hydrogen) atoms. The van der Waals surface area contributed by atoms with Gasteiger partial charge in [0.25, 0.3) is 0 Å². The van der Waals surface area contributed by atoms with Crippen molar-refractivity contribution in [1.29, 1.82) is 0 Å². The van der Waals surface area contributed by atoms with Crippen molar-refractivity contribution >= 4 is 27.5 Å². The van der Waals surface area contributed by atoms with Crippen molar-refractivity contribution in [2.24, 2.45) is 11.3 Å². The van der Waals surface area contributed by atoms with Crippen LogP contribution in [0.5, 0.6) is 11.8 Å². The highest BCUT2D eigenvalue weighted by Crippen LogP contribution is 2.53. The van der Waals surface area contributed by atoms with Crippen LogP contribution in [0.4, 0.5) is 14.6 Å². The van der Waals surface area contributed by atoms with E-state index in [0.717, 1.165) is 70.6 Å². The number of piperidine rings is 1. The van der Waals surface area contributed by atoms with Crippen LogP contribution >= 0.6 is 0 Å². The number of halogens is 2. The molecule has 6 fully saturated rings. The number of hydrogen-bond donors (Lipinski definition) is 2. The molecule has 0 amide bonds. The lowest BCUT2D eigenvalue weighted by atomic mass is 9.71. The molecule has 276 valence electrons. The first-order chi connectivity index (χ1) is 25.1. The Morgan fingerprint density at radius 2 is 1.94 bits per heavy atom. The van der Waals surface area contributed by atoms with Gasteiger partial charge in [0, 0.05) is 36.3 Å². The fraction of sp³-hybridized carbons (Fsp3) is 0.575. The lowest BCUT2D eigenvalue weighted by Gasteiger charge is -2.50. The molecule has 2 aliphatic carbocycles. The van der Waals surface area contributed by atoms with Crippen molar-refractivity contribution in [3.63, 3.8) is 0 Å². The highest BCUT2D eigenvalue weighted by Gasteiger charge is 2.56. The van der Waals surface area contributed by atoms with Crippen LogP contribution < -0.4 is 9.64 Å². The van der Waals surface area contributed by atoms with E-state index in [1.165, 1.54) is 18.3 Å². The van der Waals surface area contributed by atoms with Gasteiger partial charge in [-0.3, -0.25) is 9.88 Å². The first-order valence-corrected chi connectivity index (χ1v) is 18.9. The summed E-state index contributed by atoms with van der Waals surface area (Å²) in [6.45, 7) is 7.98. The Hall–Kier alpha value is -3.71. The number of rotatable bonds is 8. The second kappa shape index (κ2) is 12.7. The zero-order chi connectivity index (χ0) is 35.8. The van der Waals surface area contributed by atoms with Gasteiger partial charge in [0.2, 0.25) is 0 Å². The van der Waals surface area contributed by atoms with E-state index in [-0.39, 0.29) is 52.7 Å². The molecule has 6 aliphatic rings. The van der Waals surface area contributed by atoms with Gasteiger partial charge >= 0.3 is 6.01 Å². The summed E-state index contributed by atoms with van der Waals surface area (Å²) in [5.74, 6) is -0.0979. The van der Waals surface area contributed by atoms with Crippen molar-refractivity contribution < 1.29 is 33.2 Å². The zero-order valence-electron chi connectivity index (χ0n) is 30.0. The van der Waals surface area contributed by atoms with E-state index >= 15 is 8.78 Å². The predicted molar refractivity (Wildman–Crippen MR) is 193 cm³/mol. The zero-order valence-corrected chi connectivity index (χ0v) is 30.0. The Kier molecular flexibility index (Phi) is 8.33. The Bertz CT molecular complexity index is 2030. The van der Waals surface area contributed by atoms with Gasteiger partial charge in [-0.1, -0.05) is 19.4 Å². The fourth-order valence-electron chi connectivity index (χ4n) is 10.2. The molecule has 0 spiro atoms. The van der Waals surface area contributed by atoms with E-state index in [4.69, 9.17) is 24.2 Å². The number of nitrogens with zero attached hydrogens (tertiary/aromatic N) is 5. The lowest BCUT2D eigenvalue weighted by Crippen LogP contribution is -2.57. The van der Waals surface area contributed by atoms with E-state index in [9.17, 15) is 10.2 Å². The van der Waals surface area contributed by atoms with Gasteiger partial charge in [-0.05, 0) is 98.9 Å². The molecule has 10 nitrogen and oxygen atoms in total. The number of fused-ring (bicyclic) bond motifs is 4. The third kappa shape index (κ3) is 5.77. The van der Waals surface area contributed by atoms with Crippen LogP contribution in [0, 0.1) is 23.0 Å². The molecule has 4 aliphatic heterocycles. The smallest absolute Gasteiger partial charge is 0.319 e. The van der Waals surface area contributed by atoms with Crippen LogP contribution in [-0.4, -0.2) is 99.9 Å². The molecule has 2 bridgehead atoms. The van der Waals surface area contributed by atoms with Crippen LogP contribution in [0.25, 0.3) is 32.9 Å². The molecule has 4 aromatic rings. The number of aliphatic hydroxyl groups is 1. The molecule has 4 saturated heterocycles. The number of aromatic nitrogens is 3. The summed E-state index contributed by atoms with van der Waals surface area (Å²) in [6, 6.07) is 6.34. The number of aromatic hydroxyl groups is 1. The highest BCUT2D eigenvalue weighted by molar-refractivity contribution is 6.01. The minimum absolute atomic E-state index is 0.00325. The molecule has 2 aromatic heterocycles. The number of hydrogen-bond acceptors (Lipinski definition) is 10. The quantitative estimate of drug-likeness (QED) is 0.220. The predicted octanol–water partition coefficient (Wildman–Crippen LogP) is 6.17. The Morgan fingerprint density at radius 1 is 1.10 bits per heavy atom. The van der Waals surface area contributed by atoms with E-state index in [1.807, 2.05) is 11.8 Å². The minimum atomic E-state index is -1.17. The van der Waals surface area contributed by atoms with Gasteiger partial charge in [0.05, 0.1) is 44.0 Å². The Labute approximate surface area is 302 Å². The molecule has 2 saturated carbocycles. The van der Waals surface area contributed by atoms with Crippen LogP contribution in [0.3, 0.4) is 0 Å². The Balaban J connectivity index is 1.12. The van der Waals surface area contributed by atoms with Gasteiger partial charge in [-0.15, -0.1) is 0 Å². The number of β-amino-alcohol motifs (C(OH)–C–C–N with tert-alkyl or cyclic N) is 1. The molecule has 10 rings (SSSR count). The largest absolute Gasteiger partial charge is 0.508 e. The maximum atomic E-state index is 17.1. The van der Waals surface area contributed by atoms with Gasteiger partial charge in [0.15, 0.2) is 5.82 Å².